The summed E-state index contributed by atoms with van der Waals surface area (Å²) in [5, 5.41) is 5.78. The number of aromatic nitrogens is 1. The topological polar surface area (TPSA) is 101 Å². The third-order valence-electron chi connectivity index (χ3n) is 4.90. The number of benzene rings is 1. The van der Waals surface area contributed by atoms with Crippen molar-refractivity contribution in [1.82, 2.24) is 15.6 Å². The lowest BCUT2D eigenvalue weighted by Gasteiger charge is -2.24. The van der Waals surface area contributed by atoms with Gasteiger partial charge in [-0.25, -0.2) is 4.98 Å². The minimum Gasteiger partial charge on any atom is -0.445 e. The van der Waals surface area contributed by atoms with Crippen molar-refractivity contribution in [3.8, 4) is 0 Å². The van der Waals surface area contributed by atoms with Crippen molar-refractivity contribution in [3.63, 3.8) is 0 Å². The zero-order valence-electron chi connectivity index (χ0n) is 16.3. The van der Waals surface area contributed by atoms with E-state index < -0.39 is 17.2 Å². The Labute approximate surface area is 178 Å². The summed E-state index contributed by atoms with van der Waals surface area (Å²) in [7, 11) is 0. The van der Waals surface area contributed by atoms with Crippen LogP contribution in [0.15, 0.2) is 22.7 Å². The van der Waals surface area contributed by atoms with E-state index in [1.807, 2.05) is 0 Å². The fourth-order valence-electron chi connectivity index (χ4n) is 3.18. The molecule has 1 saturated heterocycles. The summed E-state index contributed by atoms with van der Waals surface area (Å²) in [4.78, 5) is 40.3. The van der Waals surface area contributed by atoms with Crippen molar-refractivity contribution in [3.05, 3.63) is 51.2 Å². The summed E-state index contributed by atoms with van der Waals surface area (Å²) in [6.45, 7) is 5.40. The van der Waals surface area contributed by atoms with Crippen molar-refractivity contribution < 1.29 is 18.8 Å². The number of aryl methyl sites for hydroxylation is 1. The number of nitrogens with one attached hydrogen (secondary N) is 2. The first-order chi connectivity index (χ1) is 13.6. The van der Waals surface area contributed by atoms with Crippen LogP contribution in [0.4, 0.5) is 0 Å². The average Bonchev–Trinajstić information content (AvgIpc) is 3.08. The number of hydrogen-bond acceptors (Lipinski definition) is 5. The van der Waals surface area contributed by atoms with Crippen LogP contribution in [0.2, 0.25) is 10.0 Å². The first-order valence-electron chi connectivity index (χ1n) is 9.12. The van der Waals surface area contributed by atoms with Crippen molar-refractivity contribution in [2.75, 3.05) is 0 Å². The van der Waals surface area contributed by atoms with Gasteiger partial charge in [0.2, 0.25) is 23.6 Å². The predicted octanol–water partition coefficient (Wildman–Crippen LogP) is 3.40. The van der Waals surface area contributed by atoms with Gasteiger partial charge in [-0.3, -0.25) is 19.7 Å². The molecule has 154 valence electrons. The van der Waals surface area contributed by atoms with E-state index in [1.165, 1.54) is 0 Å². The van der Waals surface area contributed by atoms with Crippen LogP contribution in [0.1, 0.15) is 55.4 Å². The Morgan fingerprint density at radius 1 is 1.31 bits per heavy atom. The second kappa shape index (κ2) is 8.16. The van der Waals surface area contributed by atoms with Crippen LogP contribution in [-0.4, -0.2) is 22.7 Å². The lowest BCUT2D eigenvalue weighted by molar-refractivity contribution is -0.134. The molecule has 3 rings (SSSR count). The van der Waals surface area contributed by atoms with E-state index in [1.54, 1.807) is 39.1 Å². The second-order valence-electron chi connectivity index (χ2n) is 7.56. The molecule has 1 unspecified atom stereocenters. The number of amides is 3. The number of nitrogens with zero attached hydrogens (tertiary/aromatic N) is 1. The Balaban J connectivity index is 1.73. The van der Waals surface area contributed by atoms with Crippen LogP contribution in [-0.2, 0) is 26.3 Å². The smallest absolute Gasteiger partial charge is 0.235 e. The summed E-state index contributed by atoms with van der Waals surface area (Å²) >= 11 is 12.8. The average molecular weight is 438 g/mol. The molecule has 3 amide bonds. The lowest BCUT2D eigenvalue weighted by Crippen LogP contribution is -2.40. The van der Waals surface area contributed by atoms with Gasteiger partial charge in [-0.05, 0) is 44.9 Å². The maximum Gasteiger partial charge on any atom is 0.235 e. The standard InChI is InChI=1S/C20H21Cl2N3O4/c1-10-8-24-19(29-10)20(2,3)18(28)23-9-11-6-13(21)16(14(22)7-11)12-4-5-15(26)25-17(12)27/h6-8,12H,4-5,9H2,1-3H3,(H,23,28)(H,25,26,27). The van der Waals surface area contributed by atoms with Crippen molar-refractivity contribution >= 4 is 40.9 Å². The van der Waals surface area contributed by atoms with Gasteiger partial charge in [-0.15, -0.1) is 0 Å². The minimum absolute atomic E-state index is 0.191. The van der Waals surface area contributed by atoms with Crippen LogP contribution >= 0.6 is 23.2 Å². The second-order valence-corrected chi connectivity index (χ2v) is 8.37. The molecule has 0 saturated carbocycles. The van der Waals surface area contributed by atoms with Gasteiger partial charge in [0.15, 0.2) is 0 Å². The highest BCUT2D eigenvalue weighted by Crippen LogP contribution is 2.37. The Morgan fingerprint density at radius 3 is 2.52 bits per heavy atom. The van der Waals surface area contributed by atoms with E-state index in [9.17, 15) is 14.4 Å². The molecule has 2 N–H and O–H groups in total. The van der Waals surface area contributed by atoms with Crippen molar-refractivity contribution in [2.24, 2.45) is 0 Å². The Hall–Kier alpha value is -2.38. The van der Waals surface area contributed by atoms with Crippen LogP contribution in [0, 0.1) is 6.92 Å². The molecular formula is C20H21Cl2N3O4. The molecule has 1 atom stereocenters. The van der Waals surface area contributed by atoms with Crippen LogP contribution in [0.25, 0.3) is 0 Å². The quantitative estimate of drug-likeness (QED) is 0.697. The van der Waals surface area contributed by atoms with E-state index in [0.717, 1.165) is 0 Å². The van der Waals surface area contributed by atoms with Crippen LogP contribution in [0.5, 0.6) is 0 Å². The number of rotatable bonds is 5. The highest BCUT2D eigenvalue weighted by atomic mass is 35.5. The zero-order valence-corrected chi connectivity index (χ0v) is 17.8. The molecule has 29 heavy (non-hydrogen) atoms. The van der Waals surface area contributed by atoms with Gasteiger partial charge >= 0.3 is 0 Å². The first kappa shape index (κ1) is 21.3. The third kappa shape index (κ3) is 4.46. The lowest BCUT2D eigenvalue weighted by atomic mass is 9.89. The summed E-state index contributed by atoms with van der Waals surface area (Å²) in [6.07, 6.45) is 2.15. The molecule has 1 aromatic carbocycles. The maximum atomic E-state index is 12.6. The molecule has 1 aliphatic heterocycles. The van der Waals surface area contributed by atoms with Crippen LogP contribution < -0.4 is 10.6 Å². The monoisotopic (exact) mass is 437 g/mol. The summed E-state index contributed by atoms with van der Waals surface area (Å²) < 4.78 is 5.48. The van der Waals surface area contributed by atoms with Gasteiger partial charge in [0.25, 0.3) is 0 Å². The summed E-state index contributed by atoms with van der Waals surface area (Å²) in [5.41, 5.74) is 0.224. The molecule has 1 aliphatic rings. The SMILES string of the molecule is Cc1cnc(C(C)(C)C(=O)NCc2cc(Cl)c(C3CCC(=O)NC3=O)c(Cl)c2)o1. The molecule has 1 fully saturated rings. The highest BCUT2D eigenvalue weighted by molar-refractivity contribution is 6.36. The Morgan fingerprint density at radius 2 is 1.97 bits per heavy atom. The number of imide groups is 1. The number of hydrogen-bond donors (Lipinski definition) is 2. The minimum atomic E-state index is -0.950. The molecule has 0 aliphatic carbocycles. The number of carbonyl (C=O) groups is 3. The molecule has 9 heteroatoms. The third-order valence-corrected chi connectivity index (χ3v) is 5.53. The van der Waals surface area contributed by atoms with E-state index in [2.05, 4.69) is 15.6 Å². The molecule has 0 radical (unpaired) electrons. The van der Waals surface area contributed by atoms with Gasteiger partial charge in [0.05, 0.1) is 12.1 Å². The van der Waals surface area contributed by atoms with E-state index in [0.29, 0.717) is 39.2 Å². The molecular weight excluding hydrogens is 417 g/mol. The fraction of sp³-hybridized carbons (Fsp3) is 0.400. The zero-order chi connectivity index (χ0) is 21.3. The summed E-state index contributed by atoms with van der Waals surface area (Å²) in [6, 6.07) is 3.32. The van der Waals surface area contributed by atoms with E-state index in [-0.39, 0.29) is 24.8 Å². The largest absolute Gasteiger partial charge is 0.445 e. The van der Waals surface area contributed by atoms with Gasteiger partial charge in [-0.2, -0.15) is 0 Å². The first-order valence-corrected chi connectivity index (χ1v) is 9.88. The maximum absolute atomic E-state index is 12.6. The molecule has 0 bridgehead atoms. The molecule has 2 heterocycles. The van der Waals surface area contributed by atoms with Crippen molar-refractivity contribution in [1.29, 1.82) is 0 Å². The van der Waals surface area contributed by atoms with Gasteiger partial charge in [0, 0.05) is 28.6 Å². The Bertz CT molecular complexity index is 961. The van der Waals surface area contributed by atoms with Crippen molar-refractivity contribution in [2.45, 2.75) is 51.5 Å². The number of carbonyl (C=O) groups excluding carboxylic acids is 3. The number of piperidine rings is 1. The normalized spacial score (nSPS) is 17.2. The highest BCUT2D eigenvalue weighted by Gasteiger charge is 2.35. The van der Waals surface area contributed by atoms with Gasteiger partial charge < -0.3 is 9.73 Å². The molecule has 1 aromatic heterocycles. The summed E-state index contributed by atoms with van der Waals surface area (Å²) in [5.74, 6) is -0.597. The molecule has 0 spiro atoms. The van der Waals surface area contributed by atoms with Crippen LogP contribution in [0.3, 0.4) is 0 Å². The van der Waals surface area contributed by atoms with E-state index in [4.69, 9.17) is 27.6 Å². The number of oxazole rings is 1. The molecule has 2 aromatic rings. The number of halogens is 2. The predicted molar refractivity (Wildman–Crippen MR) is 108 cm³/mol. The fourth-order valence-corrected chi connectivity index (χ4v) is 3.98. The Kier molecular flexibility index (Phi) is 6.00. The van der Waals surface area contributed by atoms with Gasteiger partial charge in [-0.1, -0.05) is 23.2 Å². The van der Waals surface area contributed by atoms with E-state index >= 15 is 0 Å². The van der Waals surface area contributed by atoms with Gasteiger partial charge in [0.1, 0.15) is 11.2 Å². The molecule has 7 nitrogen and oxygen atoms in total.